The van der Waals surface area contributed by atoms with Gasteiger partial charge in [-0.1, -0.05) is 30.3 Å². The molecule has 4 aromatic rings. The van der Waals surface area contributed by atoms with Gasteiger partial charge >= 0.3 is 0 Å². The van der Waals surface area contributed by atoms with Gasteiger partial charge in [0.15, 0.2) is 18.1 Å². The number of hydrogen-bond donors (Lipinski definition) is 1. The maximum Gasteiger partial charge on any atom is 0.269 e. The lowest BCUT2D eigenvalue weighted by atomic mass is 10.1. The molecule has 0 saturated heterocycles. The molecule has 0 aliphatic heterocycles. The molecule has 1 N–H and O–H groups in total. The van der Waals surface area contributed by atoms with Crippen molar-refractivity contribution in [3.05, 3.63) is 94.4 Å². The number of non-ortho nitro benzene ring substituents is 1. The Morgan fingerprint density at radius 1 is 1.07 bits per heavy atom. The molecule has 8 heteroatoms. The van der Waals surface area contributed by atoms with Gasteiger partial charge in [-0.2, -0.15) is 0 Å². The summed E-state index contributed by atoms with van der Waals surface area (Å²) in [6.07, 6.45) is 0.584. The van der Waals surface area contributed by atoms with E-state index in [4.69, 9.17) is 9.15 Å². The molecule has 1 aromatic heterocycles. The molecule has 0 atom stereocenters. The maximum absolute atomic E-state index is 12.2. The van der Waals surface area contributed by atoms with Crippen molar-refractivity contribution in [3.8, 4) is 5.75 Å². The lowest BCUT2D eigenvalue weighted by molar-refractivity contribution is -0.384. The highest BCUT2D eigenvalue weighted by molar-refractivity contribution is 5.93. The van der Waals surface area contributed by atoms with E-state index in [1.807, 2.05) is 30.3 Å². The second-order valence-corrected chi connectivity index (χ2v) is 6.54. The first kappa shape index (κ1) is 19.1. The molecular formula is C22H17N3O5. The van der Waals surface area contributed by atoms with E-state index in [1.54, 1.807) is 18.2 Å². The Morgan fingerprint density at radius 2 is 1.83 bits per heavy atom. The van der Waals surface area contributed by atoms with Crippen LogP contribution in [0.25, 0.3) is 11.1 Å². The van der Waals surface area contributed by atoms with E-state index in [0.717, 1.165) is 5.56 Å². The Kier molecular flexibility index (Phi) is 5.38. The molecule has 0 spiro atoms. The predicted octanol–water partition coefficient (Wildman–Crippen LogP) is 4.34. The Balaban J connectivity index is 1.37. The van der Waals surface area contributed by atoms with Crippen LogP contribution in [-0.2, 0) is 11.2 Å². The third-order valence-corrected chi connectivity index (χ3v) is 4.33. The molecule has 0 fully saturated rings. The van der Waals surface area contributed by atoms with E-state index in [-0.39, 0.29) is 18.2 Å². The van der Waals surface area contributed by atoms with Crippen molar-refractivity contribution in [2.24, 2.45) is 0 Å². The fraction of sp³-hybridized carbons (Fsp3) is 0.0909. The third-order valence-electron chi connectivity index (χ3n) is 4.33. The predicted molar refractivity (Wildman–Crippen MR) is 110 cm³/mol. The zero-order valence-electron chi connectivity index (χ0n) is 15.8. The second-order valence-electron chi connectivity index (χ2n) is 6.54. The average molecular weight is 403 g/mol. The zero-order valence-corrected chi connectivity index (χ0v) is 15.8. The molecule has 0 aliphatic carbocycles. The highest BCUT2D eigenvalue weighted by Gasteiger charge is 2.10. The normalized spacial score (nSPS) is 10.7. The van der Waals surface area contributed by atoms with E-state index in [9.17, 15) is 14.9 Å². The molecular weight excluding hydrogens is 386 g/mol. The molecule has 150 valence electrons. The number of carbonyl (C=O) groups is 1. The number of nitro benzene ring substituents is 1. The Labute approximate surface area is 171 Å². The number of amides is 1. The fourth-order valence-electron chi connectivity index (χ4n) is 2.91. The Morgan fingerprint density at radius 3 is 2.57 bits per heavy atom. The molecule has 0 bridgehead atoms. The third kappa shape index (κ3) is 4.61. The van der Waals surface area contributed by atoms with Gasteiger partial charge < -0.3 is 14.5 Å². The van der Waals surface area contributed by atoms with E-state index in [1.165, 1.54) is 24.3 Å². The van der Waals surface area contributed by atoms with Gasteiger partial charge in [0, 0.05) is 24.2 Å². The average Bonchev–Trinajstić information content (AvgIpc) is 3.14. The van der Waals surface area contributed by atoms with Crippen LogP contribution in [0, 0.1) is 10.1 Å². The van der Waals surface area contributed by atoms with E-state index < -0.39 is 4.92 Å². The van der Waals surface area contributed by atoms with Gasteiger partial charge in [-0.15, -0.1) is 0 Å². The SMILES string of the molecule is O=C(COc1ccc([N+](=O)[O-])cc1)Nc1ccc2oc(Cc3ccccc3)nc2c1. The molecule has 1 heterocycles. The van der Waals surface area contributed by atoms with Crippen molar-refractivity contribution in [1.82, 2.24) is 4.98 Å². The zero-order chi connectivity index (χ0) is 20.9. The fourth-order valence-corrected chi connectivity index (χ4v) is 2.91. The Hall–Kier alpha value is -4.20. The summed E-state index contributed by atoms with van der Waals surface area (Å²) in [5.41, 5.74) is 2.91. The van der Waals surface area contributed by atoms with Crippen molar-refractivity contribution in [2.75, 3.05) is 11.9 Å². The first-order valence-corrected chi connectivity index (χ1v) is 9.17. The van der Waals surface area contributed by atoms with E-state index in [0.29, 0.717) is 34.8 Å². The first-order chi connectivity index (χ1) is 14.6. The van der Waals surface area contributed by atoms with Crippen LogP contribution in [0.1, 0.15) is 11.5 Å². The van der Waals surface area contributed by atoms with Crippen LogP contribution in [0.4, 0.5) is 11.4 Å². The van der Waals surface area contributed by atoms with Crippen LogP contribution >= 0.6 is 0 Å². The quantitative estimate of drug-likeness (QED) is 0.363. The van der Waals surface area contributed by atoms with Crippen LogP contribution < -0.4 is 10.1 Å². The van der Waals surface area contributed by atoms with Gasteiger partial charge in [0.2, 0.25) is 0 Å². The summed E-state index contributed by atoms with van der Waals surface area (Å²) >= 11 is 0. The van der Waals surface area contributed by atoms with Crippen LogP contribution in [-0.4, -0.2) is 22.4 Å². The number of anilines is 1. The number of aromatic nitrogens is 1. The summed E-state index contributed by atoms with van der Waals surface area (Å²) in [7, 11) is 0. The Bertz CT molecular complexity index is 1190. The lowest BCUT2D eigenvalue weighted by Gasteiger charge is -2.07. The van der Waals surface area contributed by atoms with Gasteiger partial charge in [-0.05, 0) is 35.9 Å². The highest BCUT2D eigenvalue weighted by atomic mass is 16.6. The number of hydrogen-bond acceptors (Lipinski definition) is 6. The van der Waals surface area contributed by atoms with Crippen LogP contribution in [0.2, 0.25) is 0 Å². The summed E-state index contributed by atoms with van der Waals surface area (Å²) < 4.78 is 11.1. The van der Waals surface area contributed by atoms with E-state index >= 15 is 0 Å². The number of rotatable bonds is 7. The molecule has 3 aromatic carbocycles. The van der Waals surface area contributed by atoms with Crippen molar-refractivity contribution >= 4 is 28.4 Å². The van der Waals surface area contributed by atoms with Crippen molar-refractivity contribution < 1.29 is 18.9 Å². The maximum atomic E-state index is 12.2. The number of nitrogens with zero attached hydrogens (tertiary/aromatic N) is 2. The number of benzene rings is 3. The number of oxazole rings is 1. The largest absolute Gasteiger partial charge is 0.484 e. The highest BCUT2D eigenvalue weighted by Crippen LogP contribution is 2.22. The molecule has 0 unspecified atom stereocenters. The standard InChI is InChI=1S/C22H17N3O5/c26-21(14-29-18-9-7-17(8-10-18)25(27)28)23-16-6-11-20-19(13-16)24-22(30-20)12-15-4-2-1-3-5-15/h1-11,13H,12,14H2,(H,23,26). The molecule has 1 amide bonds. The van der Waals surface area contributed by atoms with E-state index in [2.05, 4.69) is 10.3 Å². The van der Waals surface area contributed by atoms with Crippen LogP contribution in [0.3, 0.4) is 0 Å². The second kappa shape index (κ2) is 8.44. The molecule has 0 aliphatic rings. The minimum Gasteiger partial charge on any atom is -0.484 e. The molecule has 30 heavy (non-hydrogen) atoms. The number of nitro groups is 1. The topological polar surface area (TPSA) is 108 Å². The smallest absolute Gasteiger partial charge is 0.269 e. The molecule has 0 saturated carbocycles. The van der Waals surface area contributed by atoms with Gasteiger partial charge in [0.05, 0.1) is 4.92 Å². The van der Waals surface area contributed by atoms with Crippen LogP contribution in [0.5, 0.6) is 5.75 Å². The first-order valence-electron chi connectivity index (χ1n) is 9.17. The summed E-state index contributed by atoms with van der Waals surface area (Å²) in [6, 6.07) is 20.6. The van der Waals surface area contributed by atoms with Crippen LogP contribution in [0.15, 0.2) is 77.2 Å². The minimum atomic E-state index is -0.498. The number of ether oxygens (including phenoxy) is 1. The van der Waals surface area contributed by atoms with Crippen molar-refractivity contribution in [3.63, 3.8) is 0 Å². The lowest BCUT2D eigenvalue weighted by Crippen LogP contribution is -2.20. The van der Waals surface area contributed by atoms with Crippen molar-refractivity contribution in [2.45, 2.75) is 6.42 Å². The molecule has 0 radical (unpaired) electrons. The van der Waals surface area contributed by atoms with Gasteiger partial charge in [0.1, 0.15) is 11.3 Å². The monoisotopic (exact) mass is 403 g/mol. The van der Waals surface area contributed by atoms with Gasteiger partial charge in [-0.25, -0.2) is 4.98 Å². The summed E-state index contributed by atoms with van der Waals surface area (Å²) in [6.45, 7) is -0.228. The summed E-state index contributed by atoms with van der Waals surface area (Å²) in [4.78, 5) is 26.8. The van der Waals surface area contributed by atoms with Gasteiger partial charge in [-0.3, -0.25) is 14.9 Å². The number of carbonyl (C=O) groups excluding carboxylic acids is 1. The van der Waals surface area contributed by atoms with Crippen molar-refractivity contribution in [1.29, 1.82) is 0 Å². The minimum absolute atomic E-state index is 0.0423. The summed E-state index contributed by atoms with van der Waals surface area (Å²) in [5, 5.41) is 13.4. The van der Waals surface area contributed by atoms with Gasteiger partial charge in [0.25, 0.3) is 11.6 Å². The molecule has 4 rings (SSSR count). The molecule has 8 nitrogen and oxygen atoms in total. The number of fused-ring (bicyclic) bond motifs is 1. The number of nitrogens with one attached hydrogen (secondary N) is 1. The summed E-state index contributed by atoms with van der Waals surface area (Å²) in [5.74, 6) is 0.607.